The van der Waals surface area contributed by atoms with E-state index in [1.165, 1.54) is 5.56 Å². The molecule has 1 atom stereocenters. The number of rotatable bonds is 4. The van der Waals surface area contributed by atoms with Gasteiger partial charge in [0.2, 0.25) is 5.91 Å². The Morgan fingerprint density at radius 2 is 2.11 bits per heavy atom. The lowest BCUT2D eigenvalue weighted by atomic mass is 10.0. The summed E-state index contributed by atoms with van der Waals surface area (Å²) in [6, 6.07) is 7.78. The molecule has 98 valence electrons. The van der Waals surface area contributed by atoms with Gasteiger partial charge in [-0.25, -0.2) is 0 Å². The number of ether oxygens (including phenoxy) is 1. The van der Waals surface area contributed by atoms with Crippen molar-refractivity contribution < 1.29 is 9.53 Å². The molecule has 1 saturated heterocycles. The number of hydrogen-bond donors (Lipinski definition) is 2. The Bertz CT molecular complexity index is 408. The van der Waals surface area contributed by atoms with Crippen LogP contribution in [0.15, 0.2) is 24.3 Å². The predicted octanol–water partition coefficient (Wildman–Crippen LogP) is 1.70. The van der Waals surface area contributed by atoms with Gasteiger partial charge in [-0.15, -0.1) is 0 Å². The van der Waals surface area contributed by atoms with Crippen LogP contribution in [0.3, 0.4) is 0 Å². The van der Waals surface area contributed by atoms with Gasteiger partial charge < -0.3 is 15.4 Å². The van der Waals surface area contributed by atoms with Crippen molar-refractivity contribution in [1.82, 2.24) is 5.32 Å². The van der Waals surface area contributed by atoms with Gasteiger partial charge in [-0.05, 0) is 32.4 Å². The van der Waals surface area contributed by atoms with Crippen molar-refractivity contribution in [2.75, 3.05) is 25.1 Å². The Kier molecular flexibility index (Phi) is 3.99. The van der Waals surface area contributed by atoms with Crippen molar-refractivity contribution in [1.29, 1.82) is 0 Å². The summed E-state index contributed by atoms with van der Waals surface area (Å²) in [6.07, 6.45) is 0.949. The van der Waals surface area contributed by atoms with Crippen LogP contribution in [0.2, 0.25) is 0 Å². The van der Waals surface area contributed by atoms with E-state index in [9.17, 15) is 4.79 Å². The van der Waals surface area contributed by atoms with Crippen LogP contribution in [0.25, 0.3) is 0 Å². The maximum absolute atomic E-state index is 11.8. The molecule has 4 heteroatoms. The highest BCUT2D eigenvalue weighted by Crippen LogP contribution is 2.17. The van der Waals surface area contributed by atoms with E-state index in [0.717, 1.165) is 18.7 Å². The summed E-state index contributed by atoms with van der Waals surface area (Å²) in [5.41, 5.74) is 1.95. The van der Waals surface area contributed by atoms with Gasteiger partial charge in [0.05, 0.1) is 13.2 Å². The third kappa shape index (κ3) is 3.55. The molecule has 0 bridgehead atoms. The molecule has 0 aromatic heterocycles. The molecule has 1 aliphatic heterocycles. The second-order valence-corrected chi connectivity index (χ2v) is 5.13. The van der Waals surface area contributed by atoms with Crippen LogP contribution in [-0.4, -0.2) is 31.2 Å². The zero-order chi connectivity index (χ0) is 13.0. The highest BCUT2D eigenvalue weighted by Gasteiger charge is 2.29. The van der Waals surface area contributed by atoms with E-state index in [1.807, 2.05) is 31.2 Å². The Balaban J connectivity index is 1.80. The van der Waals surface area contributed by atoms with Crippen molar-refractivity contribution in [2.24, 2.45) is 0 Å². The van der Waals surface area contributed by atoms with E-state index in [0.29, 0.717) is 13.2 Å². The van der Waals surface area contributed by atoms with Crippen LogP contribution in [0, 0.1) is 6.92 Å². The van der Waals surface area contributed by atoms with Crippen LogP contribution in [0.4, 0.5) is 5.69 Å². The first kappa shape index (κ1) is 13.1. The topological polar surface area (TPSA) is 50.4 Å². The maximum Gasteiger partial charge on any atom is 0.238 e. The normalized spacial score (nSPS) is 23.0. The molecule has 1 heterocycles. The molecule has 2 rings (SSSR count). The average molecular weight is 248 g/mol. The Hall–Kier alpha value is -1.39. The van der Waals surface area contributed by atoms with Crippen LogP contribution in [-0.2, 0) is 9.53 Å². The second kappa shape index (κ2) is 5.50. The summed E-state index contributed by atoms with van der Waals surface area (Å²) in [4.78, 5) is 11.8. The molecular formula is C14H20N2O2. The fraction of sp³-hybridized carbons (Fsp3) is 0.500. The standard InChI is InChI=1S/C14H20N2O2/c1-11-3-5-12(6-4-11)16-13(17)9-15-14(2)7-8-18-10-14/h3-6,15H,7-10H2,1-2H3,(H,16,17). The molecule has 1 unspecified atom stereocenters. The second-order valence-electron chi connectivity index (χ2n) is 5.13. The van der Waals surface area contributed by atoms with Crippen molar-refractivity contribution in [3.63, 3.8) is 0 Å². The lowest BCUT2D eigenvalue weighted by Crippen LogP contribution is -2.46. The molecule has 4 nitrogen and oxygen atoms in total. The number of hydrogen-bond acceptors (Lipinski definition) is 3. The third-order valence-corrected chi connectivity index (χ3v) is 3.23. The minimum Gasteiger partial charge on any atom is -0.379 e. The Morgan fingerprint density at radius 1 is 1.39 bits per heavy atom. The number of nitrogens with one attached hydrogen (secondary N) is 2. The van der Waals surface area contributed by atoms with E-state index in [1.54, 1.807) is 0 Å². The summed E-state index contributed by atoms with van der Waals surface area (Å²) in [5, 5.41) is 6.12. The molecule has 1 fully saturated rings. The van der Waals surface area contributed by atoms with Gasteiger partial charge in [0.15, 0.2) is 0 Å². The molecule has 0 saturated carbocycles. The number of carbonyl (C=O) groups is 1. The highest BCUT2D eigenvalue weighted by atomic mass is 16.5. The van der Waals surface area contributed by atoms with E-state index in [-0.39, 0.29) is 11.4 Å². The van der Waals surface area contributed by atoms with Crippen LogP contribution >= 0.6 is 0 Å². The van der Waals surface area contributed by atoms with Gasteiger partial charge in [-0.3, -0.25) is 4.79 Å². The van der Waals surface area contributed by atoms with Crippen LogP contribution in [0.1, 0.15) is 18.9 Å². The van der Waals surface area contributed by atoms with Gasteiger partial charge in [0.25, 0.3) is 0 Å². The number of aryl methyl sites for hydroxylation is 1. The first-order chi connectivity index (χ1) is 8.57. The zero-order valence-corrected chi connectivity index (χ0v) is 11.0. The maximum atomic E-state index is 11.8. The molecule has 0 aliphatic carbocycles. The highest BCUT2D eigenvalue weighted by molar-refractivity contribution is 5.92. The fourth-order valence-corrected chi connectivity index (χ4v) is 1.94. The van der Waals surface area contributed by atoms with Gasteiger partial charge in [-0.1, -0.05) is 17.7 Å². The quantitative estimate of drug-likeness (QED) is 0.852. The molecule has 2 N–H and O–H groups in total. The molecule has 18 heavy (non-hydrogen) atoms. The monoisotopic (exact) mass is 248 g/mol. The minimum absolute atomic E-state index is 0.0213. The summed E-state index contributed by atoms with van der Waals surface area (Å²) in [5.74, 6) is -0.0213. The first-order valence-electron chi connectivity index (χ1n) is 6.27. The van der Waals surface area contributed by atoms with Gasteiger partial charge in [0.1, 0.15) is 0 Å². The first-order valence-corrected chi connectivity index (χ1v) is 6.27. The SMILES string of the molecule is Cc1ccc(NC(=O)CNC2(C)CCOC2)cc1. The van der Waals surface area contributed by atoms with E-state index in [2.05, 4.69) is 17.6 Å². The number of benzene rings is 1. The number of carbonyl (C=O) groups excluding carboxylic acids is 1. The molecule has 1 amide bonds. The smallest absolute Gasteiger partial charge is 0.238 e. The van der Waals surface area contributed by atoms with Crippen LogP contribution < -0.4 is 10.6 Å². The van der Waals surface area contributed by atoms with Gasteiger partial charge in [0, 0.05) is 17.8 Å². The van der Waals surface area contributed by atoms with Crippen LogP contribution in [0.5, 0.6) is 0 Å². The summed E-state index contributed by atoms with van der Waals surface area (Å²) in [6.45, 7) is 5.86. The lowest BCUT2D eigenvalue weighted by Gasteiger charge is -2.23. The Labute approximate surface area is 108 Å². The molecule has 0 radical (unpaired) electrons. The largest absolute Gasteiger partial charge is 0.379 e. The summed E-state index contributed by atoms with van der Waals surface area (Å²) >= 11 is 0. The molecular weight excluding hydrogens is 228 g/mol. The number of amides is 1. The minimum atomic E-state index is -0.0649. The molecule has 0 spiro atoms. The number of anilines is 1. The van der Waals surface area contributed by atoms with Gasteiger partial charge in [-0.2, -0.15) is 0 Å². The summed E-state index contributed by atoms with van der Waals surface area (Å²) < 4.78 is 5.33. The fourth-order valence-electron chi connectivity index (χ4n) is 1.94. The molecule has 1 aromatic carbocycles. The average Bonchev–Trinajstić information content (AvgIpc) is 2.78. The van der Waals surface area contributed by atoms with Crippen molar-refractivity contribution in [2.45, 2.75) is 25.8 Å². The van der Waals surface area contributed by atoms with Crippen molar-refractivity contribution in [3.8, 4) is 0 Å². The van der Waals surface area contributed by atoms with Gasteiger partial charge >= 0.3 is 0 Å². The van der Waals surface area contributed by atoms with Crippen molar-refractivity contribution >= 4 is 11.6 Å². The van der Waals surface area contributed by atoms with E-state index in [4.69, 9.17) is 4.74 Å². The summed E-state index contributed by atoms with van der Waals surface area (Å²) in [7, 11) is 0. The van der Waals surface area contributed by atoms with E-state index < -0.39 is 0 Å². The van der Waals surface area contributed by atoms with E-state index >= 15 is 0 Å². The predicted molar refractivity (Wildman–Crippen MR) is 71.7 cm³/mol. The third-order valence-electron chi connectivity index (χ3n) is 3.23. The van der Waals surface area contributed by atoms with Crippen molar-refractivity contribution in [3.05, 3.63) is 29.8 Å². The zero-order valence-electron chi connectivity index (χ0n) is 11.0. The lowest BCUT2D eigenvalue weighted by molar-refractivity contribution is -0.115. The molecule has 1 aliphatic rings. The Morgan fingerprint density at radius 3 is 2.72 bits per heavy atom. The molecule has 1 aromatic rings.